The van der Waals surface area contributed by atoms with Crippen LogP contribution in [-0.2, 0) is 0 Å². The van der Waals surface area contributed by atoms with E-state index in [0.29, 0.717) is 24.1 Å². The first kappa shape index (κ1) is 20.6. The lowest BCUT2D eigenvalue weighted by molar-refractivity contribution is 0.187. The number of nitrogens with zero attached hydrogens (tertiary/aromatic N) is 2. The molecule has 0 aromatic heterocycles. The summed E-state index contributed by atoms with van der Waals surface area (Å²) in [5, 5.41) is 6.73. The molecule has 1 saturated heterocycles. The lowest BCUT2D eigenvalue weighted by atomic mass is 10.0. The van der Waals surface area contributed by atoms with Gasteiger partial charge in [-0.2, -0.15) is 0 Å². The quantitative estimate of drug-likeness (QED) is 0.599. The molecule has 0 amide bonds. The number of piperidine rings is 1. The van der Waals surface area contributed by atoms with Gasteiger partial charge >= 0.3 is 0 Å². The van der Waals surface area contributed by atoms with Crippen LogP contribution in [-0.4, -0.2) is 50.1 Å². The summed E-state index contributed by atoms with van der Waals surface area (Å²) in [7, 11) is 1.74. The fourth-order valence-corrected chi connectivity index (χ4v) is 3.43. The Labute approximate surface area is 156 Å². The Morgan fingerprint density at radius 3 is 2.50 bits per heavy atom. The van der Waals surface area contributed by atoms with Crippen LogP contribution in [0.4, 0.5) is 8.78 Å². The molecule has 146 valence electrons. The molecule has 1 fully saturated rings. The van der Waals surface area contributed by atoms with Crippen molar-refractivity contribution in [2.75, 3.05) is 33.2 Å². The molecule has 0 saturated carbocycles. The van der Waals surface area contributed by atoms with Gasteiger partial charge < -0.3 is 15.5 Å². The molecular formula is C20H32F2N4. The van der Waals surface area contributed by atoms with Gasteiger partial charge in [-0.25, -0.2) is 8.78 Å². The summed E-state index contributed by atoms with van der Waals surface area (Å²) in [4.78, 5) is 6.79. The van der Waals surface area contributed by atoms with Crippen LogP contribution >= 0.6 is 0 Å². The van der Waals surface area contributed by atoms with E-state index in [-0.39, 0.29) is 5.92 Å². The number of rotatable bonds is 6. The van der Waals surface area contributed by atoms with Crippen molar-refractivity contribution in [3.63, 3.8) is 0 Å². The first-order chi connectivity index (χ1) is 12.4. The lowest BCUT2D eigenvalue weighted by Gasteiger charge is -2.34. The van der Waals surface area contributed by atoms with E-state index in [1.165, 1.54) is 12.1 Å². The first-order valence-electron chi connectivity index (χ1n) is 9.53. The van der Waals surface area contributed by atoms with E-state index < -0.39 is 11.6 Å². The monoisotopic (exact) mass is 366 g/mol. The van der Waals surface area contributed by atoms with Crippen LogP contribution in [0.15, 0.2) is 23.2 Å². The Balaban J connectivity index is 1.79. The largest absolute Gasteiger partial charge is 0.356 e. The Bertz CT molecular complexity index is 595. The summed E-state index contributed by atoms with van der Waals surface area (Å²) in [6, 6.07) is 4.15. The first-order valence-corrected chi connectivity index (χ1v) is 9.53. The van der Waals surface area contributed by atoms with E-state index in [1.807, 2.05) is 6.92 Å². The van der Waals surface area contributed by atoms with E-state index in [9.17, 15) is 8.78 Å². The third-order valence-electron chi connectivity index (χ3n) is 4.84. The van der Waals surface area contributed by atoms with E-state index in [1.54, 1.807) is 7.05 Å². The standard InChI is InChI=1S/C20H32F2N4/c1-14(2)13-26-9-7-17(8-10-26)25-20(23-4)24-12-15(3)18-6-5-16(21)11-19(18)22/h5-6,11,14-15,17H,7-10,12-13H2,1-4H3,(H2,23,24,25). The molecule has 0 spiro atoms. The smallest absolute Gasteiger partial charge is 0.191 e. The van der Waals surface area contributed by atoms with Crippen molar-refractivity contribution in [2.24, 2.45) is 10.9 Å². The van der Waals surface area contributed by atoms with Crippen LogP contribution in [0.25, 0.3) is 0 Å². The number of hydrogen-bond donors (Lipinski definition) is 2. The van der Waals surface area contributed by atoms with Gasteiger partial charge in [0.2, 0.25) is 0 Å². The van der Waals surface area contributed by atoms with Gasteiger partial charge in [0.1, 0.15) is 11.6 Å². The van der Waals surface area contributed by atoms with E-state index >= 15 is 0 Å². The van der Waals surface area contributed by atoms with Crippen molar-refractivity contribution in [3.05, 3.63) is 35.4 Å². The second kappa shape index (κ2) is 9.86. The van der Waals surface area contributed by atoms with Crippen molar-refractivity contribution in [3.8, 4) is 0 Å². The fraction of sp³-hybridized carbons (Fsp3) is 0.650. The SMILES string of the molecule is CN=C(NCC(C)c1ccc(F)cc1F)NC1CCN(CC(C)C)CC1. The number of hydrogen-bond acceptors (Lipinski definition) is 2. The van der Waals surface area contributed by atoms with Gasteiger partial charge in [0.15, 0.2) is 5.96 Å². The van der Waals surface area contributed by atoms with Crippen molar-refractivity contribution < 1.29 is 8.78 Å². The number of benzene rings is 1. The fourth-order valence-electron chi connectivity index (χ4n) is 3.43. The number of halogens is 2. The molecule has 1 aliphatic rings. The summed E-state index contributed by atoms with van der Waals surface area (Å²) in [6.45, 7) is 10.3. The molecule has 1 aromatic carbocycles. The highest BCUT2D eigenvalue weighted by atomic mass is 19.1. The zero-order valence-corrected chi connectivity index (χ0v) is 16.4. The molecule has 2 N–H and O–H groups in total. The molecule has 2 rings (SSSR count). The zero-order chi connectivity index (χ0) is 19.1. The number of guanidine groups is 1. The van der Waals surface area contributed by atoms with Crippen molar-refractivity contribution in [1.82, 2.24) is 15.5 Å². The van der Waals surface area contributed by atoms with Crippen LogP contribution in [0, 0.1) is 17.6 Å². The van der Waals surface area contributed by atoms with Crippen molar-refractivity contribution in [2.45, 2.75) is 45.6 Å². The molecule has 1 unspecified atom stereocenters. The Hall–Kier alpha value is -1.69. The minimum absolute atomic E-state index is 0.0814. The van der Waals surface area contributed by atoms with Crippen molar-refractivity contribution in [1.29, 1.82) is 0 Å². The number of aliphatic imine (C=N–C) groups is 1. The molecule has 1 atom stereocenters. The maximum absolute atomic E-state index is 13.9. The van der Waals surface area contributed by atoms with Gasteiger partial charge in [0.25, 0.3) is 0 Å². The average Bonchev–Trinajstić information content (AvgIpc) is 2.59. The normalized spacial score (nSPS) is 18.2. The molecule has 26 heavy (non-hydrogen) atoms. The van der Waals surface area contributed by atoms with Gasteiger partial charge in [-0.3, -0.25) is 4.99 Å². The van der Waals surface area contributed by atoms with Gasteiger partial charge in [-0.05, 0) is 30.4 Å². The predicted molar refractivity (Wildman–Crippen MR) is 104 cm³/mol. The maximum atomic E-state index is 13.9. The summed E-state index contributed by atoms with van der Waals surface area (Å²) in [5.41, 5.74) is 0.511. The van der Waals surface area contributed by atoms with Crippen LogP contribution in [0.2, 0.25) is 0 Å². The molecule has 0 bridgehead atoms. The zero-order valence-electron chi connectivity index (χ0n) is 16.4. The number of likely N-dealkylation sites (tertiary alicyclic amines) is 1. The third kappa shape index (κ3) is 6.24. The Kier molecular flexibility index (Phi) is 7.82. The second-order valence-corrected chi connectivity index (χ2v) is 7.63. The predicted octanol–water partition coefficient (Wildman–Crippen LogP) is 3.35. The lowest BCUT2D eigenvalue weighted by Crippen LogP contribution is -2.49. The van der Waals surface area contributed by atoms with Crippen LogP contribution in [0.1, 0.15) is 45.1 Å². The summed E-state index contributed by atoms with van der Waals surface area (Å²) in [5.74, 6) is 0.304. The van der Waals surface area contributed by atoms with E-state index in [2.05, 4.69) is 34.4 Å². The Morgan fingerprint density at radius 2 is 1.92 bits per heavy atom. The topological polar surface area (TPSA) is 39.7 Å². The molecule has 0 radical (unpaired) electrons. The third-order valence-corrected chi connectivity index (χ3v) is 4.84. The summed E-state index contributed by atoms with van der Waals surface area (Å²) >= 11 is 0. The van der Waals surface area contributed by atoms with Crippen LogP contribution < -0.4 is 10.6 Å². The van der Waals surface area contributed by atoms with E-state index in [4.69, 9.17) is 0 Å². The highest BCUT2D eigenvalue weighted by Gasteiger charge is 2.20. The maximum Gasteiger partial charge on any atom is 0.191 e. The molecule has 0 aliphatic carbocycles. The van der Waals surface area contributed by atoms with E-state index in [0.717, 1.165) is 44.5 Å². The van der Waals surface area contributed by atoms with Gasteiger partial charge in [0.05, 0.1) is 0 Å². The summed E-state index contributed by atoms with van der Waals surface area (Å²) in [6.07, 6.45) is 2.19. The summed E-state index contributed by atoms with van der Waals surface area (Å²) < 4.78 is 26.9. The van der Waals surface area contributed by atoms with Crippen molar-refractivity contribution >= 4 is 5.96 Å². The van der Waals surface area contributed by atoms with Crippen LogP contribution in [0.3, 0.4) is 0 Å². The molecule has 6 heteroatoms. The molecule has 1 aliphatic heterocycles. The van der Waals surface area contributed by atoms with Gasteiger partial charge in [-0.1, -0.05) is 26.8 Å². The second-order valence-electron chi connectivity index (χ2n) is 7.63. The molecule has 1 heterocycles. The average molecular weight is 367 g/mol. The van der Waals surface area contributed by atoms with Gasteiger partial charge in [-0.15, -0.1) is 0 Å². The molecule has 1 aromatic rings. The minimum atomic E-state index is -0.548. The molecular weight excluding hydrogens is 334 g/mol. The van der Waals surface area contributed by atoms with Crippen LogP contribution in [0.5, 0.6) is 0 Å². The molecule has 4 nitrogen and oxygen atoms in total. The highest BCUT2D eigenvalue weighted by molar-refractivity contribution is 5.80. The number of nitrogens with one attached hydrogen (secondary N) is 2. The Morgan fingerprint density at radius 1 is 1.23 bits per heavy atom. The van der Waals surface area contributed by atoms with Gasteiger partial charge in [0, 0.05) is 51.3 Å². The highest BCUT2D eigenvalue weighted by Crippen LogP contribution is 2.19. The minimum Gasteiger partial charge on any atom is -0.356 e.